The topological polar surface area (TPSA) is 87.7 Å². The van der Waals surface area contributed by atoms with Crippen LogP contribution in [0.15, 0.2) is 60.8 Å². The molecule has 3 aromatic rings. The molecule has 0 bridgehead atoms. The Morgan fingerprint density at radius 1 is 0.950 bits per heavy atom. The van der Waals surface area contributed by atoms with Gasteiger partial charge >= 0.3 is 0 Å². The minimum absolute atomic E-state index is 0.00448. The number of pyridine rings is 1. The fourth-order valence-corrected chi connectivity index (χ4v) is 7.45. The summed E-state index contributed by atoms with van der Waals surface area (Å²) in [6.07, 6.45) is 7.99. The molecule has 40 heavy (non-hydrogen) atoms. The van der Waals surface area contributed by atoms with Crippen molar-refractivity contribution in [2.45, 2.75) is 31.6 Å². The smallest absolute Gasteiger partial charge is 0.261 e. The largest absolute Gasteiger partial charge is 0.274 e. The molecule has 0 radical (unpaired) electrons. The van der Waals surface area contributed by atoms with E-state index in [0.29, 0.717) is 48.6 Å². The monoisotopic (exact) mass is 575 g/mol. The van der Waals surface area contributed by atoms with Crippen LogP contribution in [0, 0.1) is 5.92 Å². The van der Waals surface area contributed by atoms with Crippen LogP contribution in [-0.4, -0.2) is 60.3 Å². The van der Waals surface area contributed by atoms with Crippen LogP contribution in [-0.2, 0) is 10.0 Å². The summed E-state index contributed by atoms with van der Waals surface area (Å²) >= 11 is 6.46. The number of hydrogen-bond acceptors (Lipinski definition) is 5. The number of carbonyl (C=O) groups is 2. The summed E-state index contributed by atoms with van der Waals surface area (Å²) in [7, 11) is -3.23. The van der Waals surface area contributed by atoms with Gasteiger partial charge in [0, 0.05) is 36.8 Å². The van der Waals surface area contributed by atoms with E-state index in [9.17, 15) is 18.0 Å². The number of amides is 2. The van der Waals surface area contributed by atoms with Gasteiger partial charge in [0.1, 0.15) is 0 Å². The first-order chi connectivity index (χ1) is 19.2. The summed E-state index contributed by atoms with van der Waals surface area (Å²) in [4.78, 5) is 32.0. The third-order valence-corrected chi connectivity index (χ3v) is 9.88. The van der Waals surface area contributed by atoms with Crippen LogP contribution in [0.4, 0.5) is 0 Å². The van der Waals surface area contributed by atoms with Crippen molar-refractivity contribution in [3.8, 4) is 0 Å². The Hall–Kier alpha value is -3.33. The molecule has 0 N–H and O–H groups in total. The van der Waals surface area contributed by atoms with Gasteiger partial charge in [-0.15, -0.1) is 0 Å². The van der Waals surface area contributed by atoms with Crippen LogP contribution in [0.2, 0.25) is 5.02 Å². The second kappa shape index (κ2) is 10.6. The maximum Gasteiger partial charge on any atom is 0.261 e. The number of piperidine rings is 1. The van der Waals surface area contributed by atoms with E-state index < -0.39 is 10.0 Å². The molecule has 0 spiro atoms. The number of carbonyl (C=O) groups excluding carboxylic acids is 2. The number of nitrogens with zero attached hydrogens (tertiary/aromatic N) is 3. The second-order valence-corrected chi connectivity index (χ2v) is 13.2. The fourth-order valence-electron chi connectivity index (χ4n) is 6.40. The van der Waals surface area contributed by atoms with E-state index in [1.807, 2.05) is 24.4 Å². The average molecular weight is 576 g/mol. The molecule has 1 fully saturated rings. The van der Waals surface area contributed by atoms with Gasteiger partial charge < -0.3 is 0 Å². The lowest BCUT2D eigenvalue weighted by molar-refractivity contribution is 0.0653. The molecular weight excluding hydrogens is 546 g/mol. The highest BCUT2D eigenvalue weighted by Crippen LogP contribution is 2.45. The van der Waals surface area contributed by atoms with Gasteiger partial charge in [-0.05, 0) is 84.2 Å². The highest BCUT2D eigenvalue weighted by Gasteiger charge is 2.37. The molecule has 2 amide bonds. The van der Waals surface area contributed by atoms with E-state index in [1.54, 1.807) is 28.6 Å². The first-order valence-electron chi connectivity index (χ1n) is 13.6. The van der Waals surface area contributed by atoms with E-state index in [1.165, 1.54) is 11.2 Å². The van der Waals surface area contributed by atoms with E-state index in [0.717, 1.165) is 40.8 Å². The van der Waals surface area contributed by atoms with Crippen LogP contribution in [0.25, 0.3) is 11.6 Å². The first kappa shape index (κ1) is 26.9. The summed E-state index contributed by atoms with van der Waals surface area (Å²) in [6.45, 7) is 1.31. The molecular formula is C31H30ClN3O4S. The number of halogens is 1. The Kier molecular flexibility index (Phi) is 7.10. The number of benzene rings is 2. The predicted octanol–water partition coefficient (Wildman–Crippen LogP) is 5.47. The van der Waals surface area contributed by atoms with Crippen LogP contribution in [0.1, 0.15) is 74.7 Å². The first-order valence-corrected chi connectivity index (χ1v) is 15.8. The molecule has 9 heteroatoms. The lowest BCUT2D eigenvalue weighted by Gasteiger charge is -2.35. The van der Waals surface area contributed by atoms with Gasteiger partial charge in [-0.3, -0.25) is 19.5 Å². The number of allylic oxidation sites excluding steroid dienone is 1. The Bertz CT molecular complexity index is 1610. The molecule has 0 saturated carbocycles. The molecule has 3 heterocycles. The van der Waals surface area contributed by atoms with E-state index in [4.69, 9.17) is 16.6 Å². The number of hydrogen-bond donors (Lipinski definition) is 0. The number of fused-ring (bicyclic) bond motifs is 3. The number of aromatic nitrogens is 1. The van der Waals surface area contributed by atoms with Crippen LogP contribution in [0.5, 0.6) is 0 Å². The summed E-state index contributed by atoms with van der Waals surface area (Å²) < 4.78 is 25.9. The molecule has 3 aliphatic rings. The molecule has 6 rings (SSSR count). The third kappa shape index (κ3) is 4.89. The Balaban J connectivity index is 1.29. The van der Waals surface area contributed by atoms with Crippen molar-refractivity contribution >= 4 is 45.1 Å². The third-order valence-electron chi connectivity index (χ3n) is 8.34. The van der Waals surface area contributed by atoms with Gasteiger partial charge in [0.15, 0.2) is 0 Å². The minimum Gasteiger partial charge on any atom is -0.274 e. The van der Waals surface area contributed by atoms with Crippen molar-refractivity contribution < 1.29 is 18.0 Å². The van der Waals surface area contributed by atoms with Crippen molar-refractivity contribution in [1.29, 1.82) is 0 Å². The summed E-state index contributed by atoms with van der Waals surface area (Å²) in [5.74, 6) is -0.266. The summed E-state index contributed by atoms with van der Waals surface area (Å²) in [5, 5.41) is 0.643. The van der Waals surface area contributed by atoms with Crippen molar-refractivity contribution in [3.05, 3.63) is 99.3 Å². The van der Waals surface area contributed by atoms with Crippen molar-refractivity contribution in [2.24, 2.45) is 5.92 Å². The average Bonchev–Trinajstić information content (AvgIpc) is 3.10. The quantitative estimate of drug-likeness (QED) is 0.364. The molecule has 2 aliphatic heterocycles. The van der Waals surface area contributed by atoms with Crippen LogP contribution >= 0.6 is 11.6 Å². The van der Waals surface area contributed by atoms with Crippen LogP contribution < -0.4 is 0 Å². The molecule has 1 aliphatic carbocycles. The van der Waals surface area contributed by atoms with Gasteiger partial charge in [-0.1, -0.05) is 41.9 Å². The fraction of sp³-hybridized carbons (Fsp3) is 0.323. The molecule has 1 atom stereocenters. The molecule has 1 aromatic heterocycles. The maximum absolute atomic E-state index is 12.9. The van der Waals surface area contributed by atoms with Gasteiger partial charge in [0.05, 0.1) is 23.1 Å². The molecule has 1 unspecified atom stereocenters. The zero-order chi connectivity index (χ0) is 28.0. The second-order valence-electron chi connectivity index (χ2n) is 10.8. The number of imide groups is 1. The normalized spacial score (nSPS) is 19.6. The number of rotatable bonds is 6. The maximum atomic E-state index is 12.9. The molecule has 2 aromatic carbocycles. The van der Waals surface area contributed by atoms with E-state index >= 15 is 0 Å². The van der Waals surface area contributed by atoms with E-state index in [2.05, 4.69) is 18.2 Å². The van der Waals surface area contributed by atoms with Crippen molar-refractivity contribution in [1.82, 2.24) is 14.2 Å². The highest BCUT2D eigenvalue weighted by atomic mass is 35.5. The van der Waals surface area contributed by atoms with Gasteiger partial charge in [-0.25, -0.2) is 12.7 Å². The standard InChI is InChI=1S/C31H30ClN3O4S/c1-40(38,39)34-16-12-20(13-17-34)28-24-11-10-23(32)19-22(24)18-21(25-9-4-14-33-29(25)28)6-5-15-35-30(36)26-7-2-3-8-27(26)31(35)37/h2-4,7-11,14,18-20,28H,5-6,12-13,15-17H2,1H3. The Labute approximate surface area is 239 Å². The lowest BCUT2D eigenvalue weighted by Crippen LogP contribution is -2.39. The SMILES string of the molecule is CS(=O)(=O)N1CCC(C2c3ccc(Cl)cc3C=C(CCCN3C(=O)c4ccccc4C3=O)c3cccnc32)CC1. The molecule has 7 nitrogen and oxygen atoms in total. The summed E-state index contributed by atoms with van der Waals surface area (Å²) in [5.41, 5.74) is 6.20. The Morgan fingerprint density at radius 2 is 1.62 bits per heavy atom. The molecule has 1 saturated heterocycles. The lowest BCUT2D eigenvalue weighted by atomic mass is 9.76. The number of sulfonamides is 1. The Morgan fingerprint density at radius 3 is 2.30 bits per heavy atom. The van der Waals surface area contributed by atoms with Crippen LogP contribution in [0.3, 0.4) is 0 Å². The van der Waals surface area contributed by atoms with Crippen molar-refractivity contribution in [2.75, 3.05) is 25.9 Å². The highest BCUT2D eigenvalue weighted by molar-refractivity contribution is 7.88. The van der Waals surface area contributed by atoms with Gasteiger partial charge in [-0.2, -0.15) is 0 Å². The summed E-state index contributed by atoms with van der Waals surface area (Å²) in [6, 6.07) is 16.9. The minimum atomic E-state index is -3.23. The zero-order valence-corrected chi connectivity index (χ0v) is 23.8. The predicted molar refractivity (Wildman–Crippen MR) is 156 cm³/mol. The zero-order valence-electron chi connectivity index (χ0n) is 22.2. The molecule has 206 valence electrons. The van der Waals surface area contributed by atoms with Gasteiger partial charge in [0.2, 0.25) is 10.0 Å². The van der Waals surface area contributed by atoms with Gasteiger partial charge in [0.25, 0.3) is 11.8 Å². The van der Waals surface area contributed by atoms with E-state index in [-0.39, 0.29) is 23.7 Å². The van der Waals surface area contributed by atoms with Crippen molar-refractivity contribution in [3.63, 3.8) is 0 Å².